The molecule has 2 N–H and O–H groups in total. The molecule has 2 heterocycles. The quantitative estimate of drug-likeness (QED) is 0.416. The van der Waals surface area contributed by atoms with Crippen molar-refractivity contribution in [2.75, 3.05) is 32.2 Å². The number of hydrogen-bond acceptors (Lipinski definition) is 7. The van der Waals surface area contributed by atoms with Crippen LogP contribution in [0.4, 0.5) is 19.0 Å². The maximum atomic E-state index is 15.0. The Morgan fingerprint density at radius 2 is 2.00 bits per heavy atom. The molecule has 10 heteroatoms. The zero-order valence-corrected chi connectivity index (χ0v) is 20.6. The Labute approximate surface area is 207 Å². The van der Waals surface area contributed by atoms with Crippen LogP contribution in [0, 0.1) is 18.7 Å². The molecule has 4 rings (SSSR count). The summed E-state index contributed by atoms with van der Waals surface area (Å²) in [6, 6.07) is 6.52. The van der Waals surface area contributed by atoms with E-state index < -0.39 is 30.0 Å². The molecule has 1 saturated heterocycles. The Morgan fingerprint density at radius 3 is 2.67 bits per heavy atom. The zero-order valence-electron chi connectivity index (χ0n) is 20.6. The van der Waals surface area contributed by atoms with Crippen LogP contribution in [0.3, 0.4) is 0 Å². The fourth-order valence-electron chi connectivity index (χ4n) is 4.37. The van der Waals surface area contributed by atoms with Crippen LogP contribution in [0.2, 0.25) is 0 Å². The van der Waals surface area contributed by atoms with Gasteiger partial charge in [0.2, 0.25) is 0 Å². The van der Waals surface area contributed by atoms with E-state index in [0.717, 1.165) is 12.5 Å². The van der Waals surface area contributed by atoms with Crippen LogP contribution in [0.15, 0.2) is 30.3 Å². The second kappa shape index (κ2) is 10.5. The molecule has 36 heavy (non-hydrogen) atoms. The topological polar surface area (TPSA) is 85.7 Å². The van der Waals surface area contributed by atoms with Gasteiger partial charge in [-0.3, -0.25) is 0 Å². The molecule has 0 aliphatic carbocycles. The number of anilines is 1. The number of nitrogens with zero attached hydrogens (tertiary/aromatic N) is 2. The van der Waals surface area contributed by atoms with Gasteiger partial charge in [-0.2, -0.15) is 8.78 Å². The Kier molecular flexibility index (Phi) is 7.56. The van der Waals surface area contributed by atoms with Crippen molar-refractivity contribution in [2.24, 2.45) is 5.92 Å². The Balaban J connectivity index is 1.70. The largest absolute Gasteiger partial charge is 0.493 e. The lowest BCUT2D eigenvalue weighted by molar-refractivity contribution is -0.0583. The van der Waals surface area contributed by atoms with Crippen LogP contribution in [-0.4, -0.2) is 48.1 Å². The second-order valence-corrected chi connectivity index (χ2v) is 9.02. The highest BCUT2D eigenvalue weighted by Crippen LogP contribution is 2.38. The Hall–Kier alpha value is -3.11. The first-order chi connectivity index (χ1) is 17.1. The first-order valence-electron chi connectivity index (χ1n) is 11.8. The van der Waals surface area contributed by atoms with Crippen molar-refractivity contribution in [3.05, 3.63) is 53.1 Å². The van der Waals surface area contributed by atoms with E-state index in [9.17, 15) is 8.78 Å². The standard InChI is InChI=1S/C26H30F3N3O4/c1-14(18-6-5-7-20(24(18)27)26(28,29)13-33)30-25-19-10-23(36-15(2)17-8-9-35-12-17)22(34-4)11-21(19)31-16(3)32-25/h5-7,10-11,14-15,17,33H,8-9,12-13H2,1-4H3,(H,30,31,32)/t14-,15?,17-/m1/s1. The highest BCUT2D eigenvalue weighted by atomic mass is 19.3. The highest BCUT2D eigenvalue weighted by molar-refractivity contribution is 5.92. The third-order valence-electron chi connectivity index (χ3n) is 6.48. The number of aromatic nitrogens is 2. The molecule has 0 amide bonds. The molecule has 3 atom stereocenters. The van der Waals surface area contributed by atoms with Crippen molar-refractivity contribution in [3.8, 4) is 11.5 Å². The summed E-state index contributed by atoms with van der Waals surface area (Å²) in [6.07, 6.45) is 0.787. The number of nitrogens with one attached hydrogen (secondary N) is 1. The van der Waals surface area contributed by atoms with Gasteiger partial charge in [-0.1, -0.05) is 12.1 Å². The van der Waals surface area contributed by atoms with Gasteiger partial charge >= 0.3 is 0 Å². The minimum atomic E-state index is -3.69. The number of aliphatic hydroxyl groups is 1. The molecule has 1 aliphatic heterocycles. The van der Waals surface area contributed by atoms with Crippen LogP contribution >= 0.6 is 0 Å². The van der Waals surface area contributed by atoms with Crippen molar-refractivity contribution >= 4 is 16.7 Å². The van der Waals surface area contributed by atoms with Crippen molar-refractivity contribution < 1.29 is 32.5 Å². The number of methoxy groups -OCH3 is 1. The minimum absolute atomic E-state index is 0.0184. The summed E-state index contributed by atoms with van der Waals surface area (Å²) in [6.45, 7) is 5.19. The van der Waals surface area contributed by atoms with E-state index in [1.165, 1.54) is 12.1 Å². The van der Waals surface area contributed by atoms with Crippen LogP contribution in [0.25, 0.3) is 10.9 Å². The zero-order chi connectivity index (χ0) is 26.0. The molecule has 1 unspecified atom stereocenters. The predicted molar refractivity (Wildman–Crippen MR) is 129 cm³/mol. The molecule has 1 aliphatic rings. The number of fused-ring (bicyclic) bond motifs is 1. The Morgan fingerprint density at radius 1 is 1.22 bits per heavy atom. The minimum Gasteiger partial charge on any atom is -0.493 e. The normalized spacial score (nSPS) is 17.7. The molecule has 0 spiro atoms. The van der Waals surface area contributed by atoms with Crippen LogP contribution in [-0.2, 0) is 10.7 Å². The van der Waals surface area contributed by atoms with Gasteiger partial charge in [0.05, 0.1) is 30.8 Å². The van der Waals surface area contributed by atoms with E-state index >= 15 is 4.39 Å². The maximum absolute atomic E-state index is 15.0. The molecule has 0 saturated carbocycles. The summed E-state index contributed by atoms with van der Waals surface area (Å²) in [4.78, 5) is 8.98. The van der Waals surface area contributed by atoms with Crippen molar-refractivity contribution in [1.29, 1.82) is 0 Å². The number of ether oxygens (including phenoxy) is 3. The first-order valence-corrected chi connectivity index (χ1v) is 11.8. The number of benzene rings is 2. The van der Waals surface area contributed by atoms with Crippen LogP contribution in [0.1, 0.15) is 43.3 Å². The van der Waals surface area contributed by atoms with E-state index in [1.54, 1.807) is 33.1 Å². The number of hydrogen-bond donors (Lipinski definition) is 2. The van der Waals surface area contributed by atoms with E-state index in [0.29, 0.717) is 47.3 Å². The van der Waals surface area contributed by atoms with E-state index in [2.05, 4.69) is 15.3 Å². The number of halogens is 3. The Bertz CT molecular complexity index is 1230. The molecule has 194 valence electrons. The molecule has 7 nitrogen and oxygen atoms in total. The average Bonchev–Trinajstić information content (AvgIpc) is 3.39. The van der Waals surface area contributed by atoms with Gasteiger partial charge in [0.15, 0.2) is 11.5 Å². The van der Waals surface area contributed by atoms with Crippen LogP contribution in [0.5, 0.6) is 11.5 Å². The van der Waals surface area contributed by atoms with Crippen LogP contribution < -0.4 is 14.8 Å². The lowest BCUT2D eigenvalue weighted by atomic mass is 10.00. The van der Waals surface area contributed by atoms with E-state index in [4.69, 9.17) is 19.3 Å². The fraction of sp³-hybridized carbons (Fsp3) is 0.462. The number of aliphatic hydroxyl groups excluding tert-OH is 1. The molecule has 1 fully saturated rings. The van der Waals surface area contributed by atoms with Gasteiger partial charge in [0.25, 0.3) is 5.92 Å². The average molecular weight is 506 g/mol. The summed E-state index contributed by atoms with van der Waals surface area (Å²) in [5.74, 6) is -2.64. The third kappa shape index (κ3) is 5.19. The second-order valence-electron chi connectivity index (χ2n) is 9.02. The maximum Gasteiger partial charge on any atom is 0.298 e. The first kappa shape index (κ1) is 26.0. The predicted octanol–water partition coefficient (Wildman–Crippen LogP) is 5.15. The number of rotatable bonds is 9. The highest BCUT2D eigenvalue weighted by Gasteiger charge is 2.35. The van der Waals surface area contributed by atoms with E-state index in [1.807, 2.05) is 6.92 Å². The molecule has 0 radical (unpaired) electrons. The third-order valence-corrected chi connectivity index (χ3v) is 6.48. The fourth-order valence-corrected chi connectivity index (χ4v) is 4.37. The molecular formula is C26H30F3N3O4. The smallest absolute Gasteiger partial charge is 0.298 e. The van der Waals surface area contributed by atoms with Crippen molar-refractivity contribution in [1.82, 2.24) is 9.97 Å². The monoisotopic (exact) mass is 505 g/mol. The van der Waals surface area contributed by atoms with Gasteiger partial charge in [-0.05, 0) is 39.3 Å². The van der Waals surface area contributed by atoms with Crippen molar-refractivity contribution in [2.45, 2.75) is 45.3 Å². The van der Waals surface area contributed by atoms with Crippen molar-refractivity contribution in [3.63, 3.8) is 0 Å². The summed E-state index contributed by atoms with van der Waals surface area (Å²) >= 11 is 0. The van der Waals surface area contributed by atoms with Gasteiger partial charge in [-0.25, -0.2) is 14.4 Å². The molecule has 2 aromatic carbocycles. The SMILES string of the molecule is COc1cc2nc(C)nc(N[C@H](C)c3cccc(C(F)(F)CO)c3F)c2cc1OC(C)[C@@H]1CCOC1. The lowest BCUT2D eigenvalue weighted by Gasteiger charge is -2.23. The molecule has 3 aromatic rings. The molecule has 1 aromatic heterocycles. The van der Waals surface area contributed by atoms with E-state index in [-0.39, 0.29) is 17.6 Å². The molecular weight excluding hydrogens is 475 g/mol. The summed E-state index contributed by atoms with van der Waals surface area (Å²) in [5.41, 5.74) is -0.255. The van der Waals surface area contributed by atoms with Gasteiger partial charge in [0, 0.05) is 29.5 Å². The molecule has 0 bridgehead atoms. The van der Waals surface area contributed by atoms with Gasteiger partial charge in [0.1, 0.15) is 30.2 Å². The summed E-state index contributed by atoms with van der Waals surface area (Å²) in [5, 5.41) is 12.8. The van der Waals surface area contributed by atoms with Gasteiger partial charge in [-0.15, -0.1) is 0 Å². The summed E-state index contributed by atoms with van der Waals surface area (Å²) in [7, 11) is 1.55. The lowest BCUT2D eigenvalue weighted by Crippen LogP contribution is -2.24. The number of alkyl halides is 2. The number of aryl methyl sites for hydroxylation is 1. The summed E-state index contributed by atoms with van der Waals surface area (Å²) < 4.78 is 60.4. The van der Waals surface area contributed by atoms with Gasteiger partial charge < -0.3 is 24.6 Å².